The maximum atomic E-state index is 13.3. The van der Waals surface area contributed by atoms with Crippen LogP contribution in [-0.4, -0.2) is 40.5 Å². The smallest absolute Gasteiger partial charge is 0.407 e. The number of benzene rings is 1. The minimum absolute atomic E-state index is 0.0378. The van der Waals surface area contributed by atoms with Crippen molar-refractivity contribution in [2.75, 3.05) is 18.1 Å². The number of anilines is 1. The summed E-state index contributed by atoms with van der Waals surface area (Å²) in [6.07, 6.45) is 1.79. The first-order valence-corrected chi connectivity index (χ1v) is 9.53. The highest BCUT2D eigenvalue weighted by Gasteiger charge is 2.28. The van der Waals surface area contributed by atoms with Crippen molar-refractivity contribution in [1.29, 1.82) is 0 Å². The number of carbonyl (C=O) groups excluding carboxylic acids is 2. The molecule has 0 radical (unpaired) electrons. The Morgan fingerprint density at radius 2 is 2.00 bits per heavy atom. The topological polar surface area (TPSA) is 76.5 Å². The molecule has 0 saturated heterocycles. The molecule has 1 aliphatic heterocycles. The minimum atomic E-state index is -0.647. The number of rotatable bonds is 5. The molecule has 160 valence electrons. The van der Waals surface area contributed by atoms with Gasteiger partial charge in [0.25, 0.3) is 5.91 Å². The van der Waals surface area contributed by atoms with Gasteiger partial charge in [0.2, 0.25) is 0 Å². The van der Waals surface area contributed by atoms with E-state index in [1.54, 1.807) is 44.0 Å². The van der Waals surface area contributed by atoms with Gasteiger partial charge in [-0.15, -0.1) is 0 Å². The lowest BCUT2D eigenvalue weighted by atomic mass is 10.1. The summed E-state index contributed by atoms with van der Waals surface area (Å²) in [6, 6.07) is 5.70. The zero-order chi connectivity index (χ0) is 21.9. The van der Waals surface area contributed by atoms with E-state index in [0.717, 1.165) is 0 Å². The molecule has 0 spiro atoms. The highest BCUT2D eigenvalue weighted by Crippen LogP contribution is 2.24. The molecule has 0 atom stereocenters. The Labute approximate surface area is 173 Å². The van der Waals surface area contributed by atoms with E-state index < -0.39 is 11.6 Å². The van der Waals surface area contributed by atoms with E-state index in [1.807, 2.05) is 0 Å². The van der Waals surface area contributed by atoms with E-state index in [0.29, 0.717) is 36.2 Å². The molecule has 30 heavy (non-hydrogen) atoms. The van der Waals surface area contributed by atoms with Crippen LogP contribution in [0.3, 0.4) is 0 Å². The number of hydrogen-bond donors (Lipinski definition) is 1. The number of hydrogen-bond acceptors (Lipinski definition) is 4. The van der Waals surface area contributed by atoms with Gasteiger partial charge in [0.05, 0.1) is 24.1 Å². The monoisotopic (exact) mass is 418 g/mol. The number of nitrogens with zero attached hydrogens (tertiary/aromatic N) is 3. The predicted octanol–water partition coefficient (Wildman–Crippen LogP) is 3.60. The lowest BCUT2D eigenvalue weighted by molar-refractivity contribution is 0.0980. The number of halogens is 2. The van der Waals surface area contributed by atoms with Crippen LogP contribution in [0.1, 0.15) is 36.8 Å². The molecule has 1 N–H and O–H groups in total. The summed E-state index contributed by atoms with van der Waals surface area (Å²) in [5, 5.41) is 6.99. The number of fused-ring (bicyclic) bond motifs is 1. The average Bonchev–Trinajstić information content (AvgIpc) is 3.08. The predicted molar refractivity (Wildman–Crippen MR) is 107 cm³/mol. The van der Waals surface area contributed by atoms with Gasteiger partial charge in [-0.3, -0.25) is 9.48 Å². The molecule has 9 heteroatoms. The second-order valence-corrected chi connectivity index (χ2v) is 8.09. The molecule has 7 nitrogen and oxygen atoms in total. The number of alkyl carbamates (subject to hydrolysis) is 1. The molecule has 0 bridgehead atoms. The standard InChI is InChI=1S/C21H24F2N4O3/c1-21(2,3)24-20(29)30-13-14(10-22)11-26-12-17-18(25-26)8-9-27(19(17)28)16-6-4-15(23)5-7-16/h4-7,10,12H,8-9,11,13H2,1-3H3,(H,24,29). The Balaban J connectivity index is 1.65. The van der Waals surface area contributed by atoms with Crippen molar-refractivity contribution in [3.63, 3.8) is 0 Å². The van der Waals surface area contributed by atoms with Crippen molar-refractivity contribution < 1.29 is 23.1 Å². The summed E-state index contributed by atoms with van der Waals surface area (Å²) in [7, 11) is 0. The van der Waals surface area contributed by atoms with Crippen LogP contribution in [0, 0.1) is 5.82 Å². The third-order valence-corrected chi connectivity index (χ3v) is 4.41. The molecule has 0 unspecified atom stereocenters. The summed E-state index contributed by atoms with van der Waals surface area (Å²) in [5.74, 6) is -0.624. The van der Waals surface area contributed by atoms with E-state index in [-0.39, 0.29) is 30.4 Å². The van der Waals surface area contributed by atoms with Crippen LogP contribution < -0.4 is 10.2 Å². The first-order valence-electron chi connectivity index (χ1n) is 9.53. The molecular formula is C21H24F2N4O3. The molecule has 0 fully saturated rings. The Hall–Kier alpha value is -3.23. The third kappa shape index (κ3) is 5.22. The van der Waals surface area contributed by atoms with Crippen molar-refractivity contribution in [2.45, 2.75) is 39.3 Å². The summed E-state index contributed by atoms with van der Waals surface area (Å²) in [5.41, 5.74) is 1.36. The summed E-state index contributed by atoms with van der Waals surface area (Å²) in [4.78, 5) is 26.1. The van der Waals surface area contributed by atoms with Crippen molar-refractivity contribution in [1.82, 2.24) is 15.1 Å². The van der Waals surface area contributed by atoms with Gasteiger partial charge in [-0.1, -0.05) is 0 Å². The number of amides is 2. The molecule has 1 aromatic carbocycles. The molecule has 0 aliphatic carbocycles. The van der Waals surface area contributed by atoms with Gasteiger partial charge >= 0.3 is 6.09 Å². The maximum Gasteiger partial charge on any atom is 0.407 e. The second-order valence-electron chi connectivity index (χ2n) is 8.09. The van der Waals surface area contributed by atoms with E-state index in [2.05, 4.69) is 10.4 Å². The van der Waals surface area contributed by atoms with Gasteiger partial charge in [-0.25, -0.2) is 13.6 Å². The SMILES string of the molecule is CC(C)(C)NC(=O)OCC(=CF)Cn1cc2c(n1)CCN(c1ccc(F)cc1)C2=O. The third-order valence-electron chi connectivity index (χ3n) is 4.41. The fraction of sp³-hybridized carbons (Fsp3) is 0.381. The van der Waals surface area contributed by atoms with Crippen molar-refractivity contribution >= 4 is 17.7 Å². The van der Waals surface area contributed by atoms with Crippen molar-refractivity contribution in [3.8, 4) is 0 Å². The number of aromatic nitrogens is 2. The Bertz CT molecular complexity index is 962. The molecule has 1 aromatic heterocycles. The molecule has 2 heterocycles. The summed E-state index contributed by atoms with van der Waals surface area (Å²) >= 11 is 0. The van der Waals surface area contributed by atoms with Crippen LogP contribution in [0.25, 0.3) is 0 Å². The quantitative estimate of drug-likeness (QED) is 0.805. The second kappa shape index (κ2) is 8.64. The lowest BCUT2D eigenvalue weighted by Gasteiger charge is -2.26. The lowest BCUT2D eigenvalue weighted by Crippen LogP contribution is -2.41. The number of carbonyl (C=O) groups is 2. The van der Waals surface area contributed by atoms with Gasteiger partial charge in [-0.05, 0) is 45.0 Å². The summed E-state index contributed by atoms with van der Waals surface area (Å²) < 4.78 is 32.9. The molecule has 2 aromatic rings. The molecule has 2 amide bonds. The molecule has 1 aliphatic rings. The largest absolute Gasteiger partial charge is 0.445 e. The first-order chi connectivity index (χ1) is 14.2. The fourth-order valence-electron chi connectivity index (χ4n) is 3.06. The first kappa shape index (κ1) is 21.5. The highest BCUT2D eigenvalue weighted by molar-refractivity contribution is 6.07. The van der Waals surface area contributed by atoms with Crippen LogP contribution in [0.4, 0.5) is 19.3 Å². The maximum absolute atomic E-state index is 13.3. The van der Waals surface area contributed by atoms with E-state index in [4.69, 9.17) is 4.74 Å². The highest BCUT2D eigenvalue weighted by atomic mass is 19.1. The van der Waals surface area contributed by atoms with Crippen LogP contribution in [0.5, 0.6) is 0 Å². The van der Waals surface area contributed by atoms with Crippen LogP contribution in [0.15, 0.2) is 42.4 Å². The van der Waals surface area contributed by atoms with Crippen LogP contribution in [-0.2, 0) is 17.7 Å². The van der Waals surface area contributed by atoms with Gasteiger partial charge < -0.3 is 15.0 Å². The van der Waals surface area contributed by atoms with Crippen LogP contribution >= 0.6 is 0 Å². The van der Waals surface area contributed by atoms with Gasteiger partial charge in [0.15, 0.2) is 0 Å². The fourth-order valence-corrected chi connectivity index (χ4v) is 3.06. The minimum Gasteiger partial charge on any atom is -0.445 e. The van der Waals surface area contributed by atoms with Crippen molar-refractivity contribution in [3.05, 3.63) is 59.4 Å². The number of ether oxygens (including phenoxy) is 1. The van der Waals surface area contributed by atoms with Gasteiger partial charge in [-0.2, -0.15) is 5.10 Å². The summed E-state index contributed by atoms with van der Waals surface area (Å²) in [6.45, 7) is 5.63. The Morgan fingerprint density at radius 3 is 2.63 bits per heavy atom. The Morgan fingerprint density at radius 1 is 1.30 bits per heavy atom. The van der Waals surface area contributed by atoms with E-state index in [9.17, 15) is 18.4 Å². The Kier molecular flexibility index (Phi) is 6.19. The van der Waals surface area contributed by atoms with E-state index in [1.165, 1.54) is 16.8 Å². The number of nitrogens with one attached hydrogen (secondary N) is 1. The van der Waals surface area contributed by atoms with Crippen molar-refractivity contribution in [2.24, 2.45) is 0 Å². The van der Waals surface area contributed by atoms with Gasteiger partial charge in [0, 0.05) is 36.0 Å². The van der Waals surface area contributed by atoms with Crippen LogP contribution in [0.2, 0.25) is 0 Å². The molecule has 3 rings (SSSR count). The van der Waals surface area contributed by atoms with E-state index >= 15 is 0 Å². The molecule has 0 saturated carbocycles. The van der Waals surface area contributed by atoms with Gasteiger partial charge in [0.1, 0.15) is 12.4 Å². The zero-order valence-electron chi connectivity index (χ0n) is 17.1. The average molecular weight is 418 g/mol. The molecular weight excluding hydrogens is 394 g/mol. The zero-order valence-corrected chi connectivity index (χ0v) is 17.1. The normalized spacial score (nSPS) is 14.5.